The van der Waals surface area contributed by atoms with Crippen LogP contribution in [0.3, 0.4) is 0 Å². The summed E-state index contributed by atoms with van der Waals surface area (Å²) in [7, 11) is 0. The van der Waals surface area contributed by atoms with Crippen LogP contribution in [-0.4, -0.2) is 25.2 Å². The molecule has 6 heteroatoms. The van der Waals surface area contributed by atoms with E-state index in [-0.39, 0.29) is 0 Å². The first kappa shape index (κ1) is 17.5. The number of fused-ring (bicyclic) bond motifs is 1. The first-order valence-corrected chi connectivity index (χ1v) is 9.62. The van der Waals surface area contributed by atoms with Gasteiger partial charge in [-0.1, -0.05) is 89.6 Å². The first-order chi connectivity index (χ1) is 14.3. The van der Waals surface area contributed by atoms with Crippen LogP contribution >= 0.6 is 11.6 Å². The fourth-order valence-electron chi connectivity index (χ4n) is 3.40. The minimum absolute atomic E-state index is 0.539. The van der Waals surface area contributed by atoms with Gasteiger partial charge in [0.1, 0.15) is 22.4 Å². The molecule has 5 nitrogen and oxygen atoms in total. The largest absolute Gasteiger partial charge is 0.238 e. The molecule has 2 heterocycles. The third-order valence-corrected chi connectivity index (χ3v) is 4.98. The molecule has 0 N–H and O–H groups in total. The maximum atomic E-state index is 6.17. The average molecular weight is 398 g/mol. The van der Waals surface area contributed by atoms with E-state index in [1.165, 1.54) is 0 Å². The highest BCUT2D eigenvalue weighted by molar-refractivity contribution is 6.30. The van der Waals surface area contributed by atoms with Crippen LogP contribution < -0.4 is 0 Å². The molecule has 0 saturated carbocycles. The number of aromatic nitrogens is 5. The Kier molecular flexibility index (Phi) is 4.50. The Labute approximate surface area is 172 Å². The lowest BCUT2D eigenvalue weighted by atomic mass is 10.1. The molecular formula is C23H16ClN5. The Morgan fingerprint density at radius 2 is 1.34 bits per heavy atom. The summed E-state index contributed by atoms with van der Waals surface area (Å²) < 4.78 is 1.87. The highest BCUT2D eigenvalue weighted by Crippen LogP contribution is 2.31. The van der Waals surface area contributed by atoms with Crippen molar-refractivity contribution in [2.24, 2.45) is 0 Å². The molecule has 2 aromatic heterocycles. The van der Waals surface area contributed by atoms with Gasteiger partial charge in [-0.05, 0) is 17.7 Å². The van der Waals surface area contributed by atoms with Crippen LogP contribution in [0.4, 0.5) is 0 Å². The SMILES string of the molecule is Clc1cccc(Cn2nnc3c(-c4ccccc4)nnc(-c4ccccc4)c32)c1. The molecule has 0 amide bonds. The molecule has 5 aromatic rings. The molecule has 140 valence electrons. The molecule has 0 fully saturated rings. The zero-order valence-electron chi connectivity index (χ0n) is 15.4. The predicted octanol–water partition coefficient (Wildman–Crippen LogP) is 5.26. The fraction of sp³-hybridized carbons (Fsp3) is 0.0435. The Bertz CT molecular complexity index is 1280. The fourth-order valence-corrected chi connectivity index (χ4v) is 3.61. The second-order valence-corrected chi connectivity index (χ2v) is 7.14. The van der Waals surface area contributed by atoms with Crippen molar-refractivity contribution in [3.63, 3.8) is 0 Å². The number of rotatable bonds is 4. The van der Waals surface area contributed by atoms with Crippen LogP contribution in [0.5, 0.6) is 0 Å². The number of halogens is 1. The van der Waals surface area contributed by atoms with Crippen LogP contribution in [0.2, 0.25) is 5.02 Å². The van der Waals surface area contributed by atoms with Crippen LogP contribution in [0, 0.1) is 0 Å². The van der Waals surface area contributed by atoms with Gasteiger partial charge in [0.05, 0.1) is 6.54 Å². The molecule has 29 heavy (non-hydrogen) atoms. The smallest absolute Gasteiger partial charge is 0.143 e. The standard InChI is InChI=1S/C23H16ClN5/c24-19-13-7-8-16(14-19)15-29-23-21(18-11-5-2-6-12-18)26-25-20(22(23)27-28-29)17-9-3-1-4-10-17/h1-14H,15H2. The highest BCUT2D eigenvalue weighted by Gasteiger charge is 2.19. The molecule has 0 aliphatic rings. The summed E-state index contributed by atoms with van der Waals surface area (Å²) in [6.45, 7) is 0.539. The van der Waals surface area contributed by atoms with E-state index in [0.29, 0.717) is 11.6 Å². The third-order valence-electron chi connectivity index (χ3n) is 4.75. The van der Waals surface area contributed by atoms with Crippen molar-refractivity contribution in [2.45, 2.75) is 6.54 Å². The third kappa shape index (κ3) is 3.37. The zero-order valence-corrected chi connectivity index (χ0v) is 16.2. The van der Waals surface area contributed by atoms with Crippen molar-refractivity contribution in [3.05, 3.63) is 95.5 Å². The van der Waals surface area contributed by atoms with E-state index in [1.807, 2.05) is 89.6 Å². The van der Waals surface area contributed by atoms with Gasteiger partial charge in [0.2, 0.25) is 0 Å². The maximum absolute atomic E-state index is 6.17. The first-order valence-electron chi connectivity index (χ1n) is 9.25. The summed E-state index contributed by atoms with van der Waals surface area (Å²) >= 11 is 6.17. The molecule has 0 aliphatic carbocycles. The summed E-state index contributed by atoms with van der Waals surface area (Å²) in [5.41, 5.74) is 6.03. The van der Waals surface area contributed by atoms with E-state index >= 15 is 0 Å². The normalized spacial score (nSPS) is 11.1. The lowest BCUT2D eigenvalue weighted by molar-refractivity contribution is 0.669. The van der Waals surface area contributed by atoms with Crippen molar-refractivity contribution >= 4 is 22.6 Å². The van der Waals surface area contributed by atoms with Gasteiger partial charge in [0.15, 0.2) is 0 Å². The minimum Gasteiger partial charge on any atom is -0.238 e. The Balaban J connectivity index is 1.73. The molecule has 0 radical (unpaired) electrons. The molecule has 0 saturated heterocycles. The van der Waals surface area contributed by atoms with Gasteiger partial charge in [0, 0.05) is 16.1 Å². The topological polar surface area (TPSA) is 56.5 Å². The molecule has 0 bridgehead atoms. The van der Waals surface area contributed by atoms with Crippen LogP contribution in [0.1, 0.15) is 5.56 Å². The summed E-state index contributed by atoms with van der Waals surface area (Å²) in [5.74, 6) is 0. The number of benzene rings is 3. The number of hydrogen-bond acceptors (Lipinski definition) is 4. The highest BCUT2D eigenvalue weighted by atomic mass is 35.5. The zero-order chi connectivity index (χ0) is 19.6. The lowest BCUT2D eigenvalue weighted by Gasteiger charge is -2.09. The van der Waals surface area contributed by atoms with E-state index in [4.69, 9.17) is 11.6 Å². The van der Waals surface area contributed by atoms with Crippen molar-refractivity contribution < 1.29 is 0 Å². The molecule has 0 atom stereocenters. The minimum atomic E-state index is 0.539. The second kappa shape index (κ2) is 7.45. The molecule has 0 unspecified atom stereocenters. The van der Waals surface area contributed by atoms with E-state index in [1.54, 1.807) is 0 Å². The summed E-state index contributed by atoms with van der Waals surface area (Å²) in [4.78, 5) is 0. The summed E-state index contributed by atoms with van der Waals surface area (Å²) in [5, 5.41) is 18.7. The van der Waals surface area contributed by atoms with Gasteiger partial charge in [-0.2, -0.15) is 0 Å². The summed E-state index contributed by atoms with van der Waals surface area (Å²) in [6.07, 6.45) is 0. The van der Waals surface area contributed by atoms with Crippen LogP contribution in [-0.2, 0) is 6.54 Å². The Morgan fingerprint density at radius 3 is 2.03 bits per heavy atom. The van der Waals surface area contributed by atoms with Crippen LogP contribution in [0.25, 0.3) is 33.5 Å². The molecule has 5 rings (SSSR count). The van der Waals surface area contributed by atoms with E-state index < -0.39 is 0 Å². The Hall–Kier alpha value is -3.57. The molecule has 0 aliphatic heterocycles. The van der Waals surface area contributed by atoms with E-state index in [0.717, 1.165) is 39.1 Å². The molecular weight excluding hydrogens is 382 g/mol. The number of nitrogens with zero attached hydrogens (tertiary/aromatic N) is 5. The van der Waals surface area contributed by atoms with Crippen molar-refractivity contribution in [1.29, 1.82) is 0 Å². The van der Waals surface area contributed by atoms with Gasteiger partial charge in [-0.3, -0.25) is 0 Å². The van der Waals surface area contributed by atoms with Crippen molar-refractivity contribution in [2.75, 3.05) is 0 Å². The molecule has 3 aromatic carbocycles. The van der Waals surface area contributed by atoms with Crippen LogP contribution in [0.15, 0.2) is 84.9 Å². The average Bonchev–Trinajstić information content (AvgIpc) is 3.18. The number of hydrogen-bond donors (Lipinski definition) is 0. The monoisotopic (exact) mass is 397 g/mol. The van der Waals surface area contributed by atoms with Gasteiger partial charge in [-0.15, -0.1) is 15.3 Å². The summed E-state index contributed by atoms with van der Waals surface area (Å²) in [6, 6.07) is 27.7. The van der Waals surface area contributed by atoms with Gasteiger partial charge < -0.3 is 0 Å². The van der Waals surface area contributed by atoms with Crippen molar-refractivity contribution in [1.82, 2.24) is 25.2 Å². The van der Waals surface area contributed by atoms with Gasteiger partial charge >= 0.3 is 0 Å². The lowest BCUT2D eigenvalue weighted by Crippen LogP contribution is -2.04. The quantitative estimate of drug-likeness (QED) is 0.415. The maximum Gasteiger partial charge on any atom is 0.143 e. The van der Waals surface area contributed by atoms with E-state index in [9.17, 15) is 0 Å². The molecule has 0 spiro atoms. The van der Waals surface area contributed by atoms with E-state index in [2.05, 4.69) is 20.5 Å². The van der Waals surface area contributed by atoms with Gasteiger partial charge in [-0.25, -0.2) is 4.68 Å². The van der Waals surface area contributed by atoms with Gasteiger partial charge in [0.25, 0.3) is 0 Å². The van der Waals surface area contributed by atoms with Crippen molar-refractivity contribution in [3.8, 4) is 22.5 Å². The predicted molar refractivity (Wildman–Crippen MR) is 115 cm³/mol. The Morgan fingerprint density at radius 1 is 0.690 bits per heavy atom. The second-order valence-electron chi connectivity index (χ2n) is 6.70.